The minimum Gasteiger partial charge on any atom is -0.310 e. The molecule has 0 aliphatic heterocycles. The second kappa shape index (κ2) is 5.40. The van der Waals surface area contributed by atoms with Gasteiger partial charge in [-0.2, -0.15) is 0 Å². The van der Waals surface area contributed by atoms with Gasteiger partial charge in [-0.1, -0.05) is 41.1 Å². The van der Waals surface area contributed by atoms with Crippen LogP contribution < -0.4 is 5.32 Å². The molecule has 0 aromatic heterocycles. The predicted octanol–water partition coefficient (Wildman–Crippen LogP) is 3.51. The van der Waals surface area contributed by atoms with Crippen molar-refractivity contribution in [2.24, 2.45) is 0 Å². The third-order valence-corrected chi connectivity index (χ3v) is 2.79. The largest absolute Gasteiger partial charge is 0.310 e. The summed E-state index contributed by atoms with van der Waals surface area (Å²) in [4.78, 5) is 0. The lowest BCUT2D eigenvalue weighted by molar-refractivity contribution is 0.569. The third-order valence-electron chi connectivity index (χ3n) is 2.07. The van der Waals surface area contributed by atoms with Gasteiger partial charge in [-0.15, -0.1) is 0 Å². The molecule has 0 fully saturated rings. The van der Waals surface area contributed by atoms with Crippen molar-refractivity contribution in [3.05, 3.63) is 34.3 Å². The van der Waals surface area contributed by atoms with Gasteiger partial charge in [0.05, 0.1) is 0 Å². The van der Waals surface area contributed by atoms with E-state index in [4.69, 9.17) is 0 Å². The van der Waals surface area contributed by atoms with Crippen LogP contribution in [-0.2, 0) is 0 Å². The van der Waals surface area contributed by atoms with Crippen molar-refractivity contribution >= 4 is 15.9 Å². The van der Waals surface area contributed by atoms with E-state index in [-0.39, 0.29) is 0 Å². The summed E-state index contributed by atoms with van der Waals surface area (Å²) < 4.78 is 1.19. The van der Waals surface area contributed by atoms with Crippen molar-refractivity contribution in [2.45, 2.75) is 26.3 Å². The van der Waals surface area contributed by atoms with Crippen LogP contribution in [0.15, 0.2) is 28.7 Å². The van der Waals surface area contributed by atoms with Crippen molar-refractivity contribution in [3.8, 4) is 0 Å². The van der Waals surface area contributed by atoms with Crippen LogP contribution in [0.25, 0.3) is 0 Å². The number of nitrogens with one attached hydrogen (secondary N) is 1. The smallest absolute Gasteiger partial charge is 0.0302 e. The first kappa shape index (κ1) is 10.7. The molecule has 0 saturated carbocycles. The van der Waals surface area contributed by atoms with Crippen LogP contribution in [0, 0.1) is 0 Å². The fourth-order valence-corrected chi connectivity index (χ4v) is 1.93. The molecule has 1 N–H and O–H groups in total. The molecular formula is C11H16BrN. The van der Waals surface area contributed by atoms with Crippen LogP contribution in [0.1, 0.15) is 31.9 Å². The van der Waals surface area contributed by atoms with Gasteiger partial charge in [0.15, 0.2) is 0 Å². The van der Waals surface area contributed by atoms with E-state index in [0.29, 0.717) is 6.04 Å². The molecule has 0 heterocycles. The summed E-state index contributed by atoms with van der Waals surface area (Å²) >= 11 is 3.55. The number of hydrogen-bond acceptors (Lipinski definition) is 1. The first-order chi connectivity index (χ1) is 6.25. The lowest BCUT2D eigenvalue weighted by atomic mass is 10.1. The zero-order chi connectivity index (χ0) is 9.68. The summed E-state index contributed by atoms with van der Waals surface area (Å²) in [7, 11) is 0. The normalized spacial score (nSPS) is 12.8. The van der Waals surface area contributed by atoms with Gasteiger partial charge in [-0.3, -0.25) is 0 Å². The molecule has 1 atom stereocenters. The molecule has 2 heteroatoms. The molecule has 0 bridgehead atoms. The molecule has 0 unspecified atom stereocenters. The summed E-state index contributed by atoms with van der Waals surface area (Å²) in [5, 5.41) is 3.46. The lowest BCUT2D eigenvalue weighted by Gasteiger charge is -2.14. The number of benzene rings is 1. The van der Waals surface area contributed by atoms with E-state index in [9.17, 15) is 0 Å². The summed E-state index contributed by atoms with van der Waals surface area (Å²) in [6, 6.07) is 8.77. The second-order valence-electron chi connectivity index (χ2n) is 3.20. The fourth-order valence-electron chi connectivity index (χ4n) is 1.30. The molecule has 0 radical (unpaired) electrons. The third kappa shape index (κ3) is 3.12. The highest BCUT2D eigenvalue weighted by atomic mass is 79.9. The van der Waals surface area contributed by atoms with E-state index in [0.717, 1.165) is 6.54 Å². The maximum absolute atomic E-state index is 3.55. The van der Waals surface area contributed by atoms with Gasteiger partial charge in [0.2, 0.25) is 0 Å². The van der Waals surface area contributed by atoms with E-state index in [1.807, 2.05) is 6.07 Å². The first-order valence-corrected chi connectivity index (χ1v) is 5.52. The Morgan fingerprint density at radius 3 is 2.69 bits per heavy atom. The Bertz CT molecular complexity index is 260. The van der Waals surface area contributed by atoms with E-state index < -0.39 is 0 Å². The Hall–Kier alpha value is -0.340. The number of hydrogen-bond donors (Lipinski definition) is 1. The van der Waals surface area contributed by atoms with Gasteiger partial charge >= 0.3 is 0 Å². The number of halogens is 1. The number of rotatable bonds is 4. The van der Waals surface area contributed by atoms with Gasteiger partial charge in [-0.25, -0.2) is 0 Å². The minimum absolute atomic E-state index is 0.426. The molecule has 1 aromatic carbocycles. The lowest BCUT2D eigenvalue weighted by Crippen LogP contribution is -2.19. The van der Waals surface area contributed by atoms with Gasteiger partial charge in [0, 0.05) is 10.5 Å². The molecular weight excluding hydrogens is 226 g/mol. The van der Waals surface area contributed by atoms with Gasteiger partial charge in [0.25, 0.3) is 0 Å². The molecule has 72 valence electrons. The van der Waals surface area contributed by atoms with Crippen LogP contribution >= 0.6 is 15.9 Å². The zero-order valence-corrected chi connectivity index (χ0v) is 9.76. The maximum atomic E-state index is 3.55. The molecule has 1 rings (SSSR count). The predicted molar refractivity (Wildman–Crippen MR) is 60.9 cm³/mol. The Kier molecular flexibility index (Phi) is 4.46. The highest BCUT2D eigenvalue weighted by molar-refractivity contribution is 9.10. The van der Waals surface area contributed by atoms with E-state index >= 15 is 0 Å². The molecule has 1 aromatic rings. The second-order valence-corrected chi connectivity index (χ2v) is 4.05. The quantitative estimate of drug-likeness (QED) is 0.851. The van der Waals surface area contributed by atoms with Crippen LogP contribution in [0.4, 0.5) is 0 Å². The Balaban J connectivity index is 2.65. The fraction of sp³-hybridized carbons (Fsp3) is 0.455. The monoisotopic (exact) mass is 241 g/mol. The Morgan fingerprint density at radius 2 is 2.08 bits per heavy atom. The van der Waals surface area contributed by atoms with E-state index in [2.05, 4.69) is 53.3 Å². The highest BCUT2D eigenvalue weighted by Crippen LogP contribution is 2.22. The molecule has 0 aliphatic rings. The van der Waals surface area contributed by atoms with Crippen molar-refractivity contribution < 1.29 is 0 Å². The SMILES string of the molecule is CCCN[C@H](C)c1ccccc1Br. The Morgan fingerprint density at radius 1 is 1.38 bits per heavy atom. The minimum atomic E-state index is 0.426. The maximum Gasteiger partial charge on any atom is 0.0302 e. The molecule has 0 aliphatic carbocycles. The Labute approximate surface area is 88.7 Å². The zero-order valence-electron chi connectivity index (χ0n) is 8.18. The van der Waals surface area contributed by atoms with Crippen LogP contribution in [-0.4, -0.2) is 6.54 Å². The molecule has 0 spiro atoms. The summed E-state index contributed by atoms with van der Waals surface area (Å²) in [5.74, 6) is 0. The van der Waals surface area contributed by atoms with Crippen molar-refractivity contribution in [3.63, 3.8) is 0 Å². The molecule has 1 nitrogen and oxygen atoms in total. The molecule has 0 saturated heterocycles. The topological polar surface area (TPSA) is 12.0 Å². The van der Waals surface area contributed by atoms with E-state index in [1.165, 1.54) is 16.5 Å². The average Bonchev–Trinajstić information content (AvgIpc) is 2.15. The standard InChI is InChI=1S/C11H16BrN/c1-3-8-13-9(2)10-6-4-5-7-11(10)12/h4-7,9,13H,3,8H2,1-2H3/t9-/m1/s1. The molecule has 13 heavy (non-hydrogen) atoms. The van der Waals surface area contributed by atoms with Crippen LogP contribution in [0.3, 0.4) is 0 Å². The van der Waals surface area contributed by atoms with Crippen molar-refractivity contribution in [1.29, 1.82) is 0 Å². The van der Waals surface area contributed by atoms with Crippen LogP contribution in [0.5, 0.6) is 0 Å². The van der Waals surface area contributed by atoms with Crippen LogP contribution in [0.2, 0.25) is 0 Å². The van der Waals surface area contributed by atoms with Gasteiger partial charge < -0.3 is 5.32 Å². The summed E-state index contributed by atoms with van der Waals surface area (Å²) in [6.45, 7) is 5.44. The summed E-state index contributed by atoms with van der Waals surface area (Å²) in [5.41, 5.74) is 1.33. The highest BCUT2D eigenvalue weighted by Gasteiger charge is 2.06. The average molecular weight is 242 g/mol. The van der Waals surface area contributed by atoms with Gasteiger partial charge in [-0.05, 0) is 31.5 Å². The van der Waals surface area contributed by atoms with Gasteiger partial charge in [0.1, 0.15) is 0 Å². The molecule has 0 amide bonds. The van der Waals surface area contributed by atoms with Crippen molar-refractivity contribution in [1.82, 2.24) is 5.32 Å². The first-order valence-electron chi connectivity index (χ1n) is 4.73. The van der Waals surface area contributed by atoms with E-state index in [1.54, 1.807) is 0 Å². The van der Waals surface area contributed by atoms with Crippen molar-refractivity contribution in [2.75, 3.05) is 6.54 Å². The summed E-state index contributed by atoms with van der Waals surface area (Å²) in [6.07, 6.45) is 1.18.